The maximum absolute atomic E-state index is 12.9. The molecule has 166 valence electrons. The van der Waals surface area contributed by atoms with Crippen molar-refractivity contribution in [1.29, 1.82) is 0 Å². The molecule has 0 aliphatic heterocycles. The zero-order valence-electron chi connectivity index (χ0n) is 17.1. The number of carbonyl (C=O) groups is 3. The van der Waals surface area contributed by atoms with Gasteiger partial charge in [-0.15, -0.1) is 11.3 Å². The van der Waals surface area contributed by atoms with Crippen LogP contribution in [0.5, 0.6) is 0 Å². The normalized spacial score (nSPS) is 10.8. The zero-order chi connectivity index (χ0) is 23.3. The molecule has 0 aliphatic carbocycles. The third-order valence-corrected chi connectivity index (χ3v) is 5.46. The Bertz CT molecular complexity index is 1270. The first-order valence-corrected chi connectivity index (χ1v) is 12.0. The largest absolute Gasteiger partial charge is 0.326 e. The summed E-state index contributed by atoms with van der Waals surface area (Å²) in [5.41, 5.74) is 1.26. The lowest BCUT2D eigenvalue weighted by atomic mass is 10.1. The van der Waals surface area contributed by atoms with E-state index in [1.54, 1.807) is 41.8 Å². The fraction of sp³-hybridized carbons (Fsp3) is 0.0952. The molecule has 0 unspecified atom stereocenters. The third-order valence-electron chi connectivity index (χ3n) is 4.00. The predicted octanol–water partition coefficient (Wildman–Crippen LogP) is 3.58. The Kier molecular flexibility index (Phi) is 6.91. The molecule has 0 fully saturated rings. The van der Waals surface area contributed by atoms with Crippen molar-refractivity contribution in [3.63, 3.8) is 0 Å². The van der Waals surface area contributed by atoms with Crippen molar-refractivity contribution >= 4 is 61.8 Å². The van der Waals surface area contributed by atoms with Gasteiger partial charge in [0.25, 0.3) is 11.8 Å². The molecule has 0 aliphatic rings. The second-order valence-electron chi connectivity index (χ2n) is 6.78. The van der Waals surface area contributed by atoms with Crippen LogP contribution in [0.2, 0.25) is 0 Å². The molecule has 0 saturated heterocycles. The van der Waals surface area contributed by atoms with Gasteiger partial charge in [0.15, 0.2) is 0 Å². The molecule has 9 nitrogen and oxygen atoms in total. The van der Waals surface area contributed by atoms with Gasteiger partial charge in [-0.25, -0.2) is 8.42 Å². The molecule has 0 radical (unpaired) electrons. The molecule has 0 atom stereocenters. The Hall–Kier alpha value is -3.70. The van der Waals surface area contributed by atoms with Crippen LogP contribution in [0.4, 0.5) is 22.7 Å². The Morgan fingerprint density at radius 2 is 1.47 bits per heavy atom. The van der Waals surface area contributed by atoms with Gasteiger partial charge in [-0.2, -0.15) is 0 Å². The summed E-state index contributed by atoms with van der Waals surface area (Å²) in [5, 5.41) is 9.78. The van der Waals surface area contributed by atoms with E-state index in [4.69, 9.17) is 0 Å². The maximum Gasteiger partial charge on any atom is 0.265 e. The first kappa shape index (κ1) is 23.0. The Labute approximate surface area is 188 Å². The molecule has 32 heavy (non-hydrogen) atoms. The third kappa shape index (κ3) is 6.40. The van der Waals surface area contributed by atoms with E-state index < -0.39 is 15.9 Å². The van der Waals surface area contributed by atoms with Crippen LogP contribution in [0.3, 0.4) is 0 Å². The lowest BCUT2D eigenvalue weighted by molar-refractivity contribution is -0.114. The maximum atomic E-state index is 12.9. The average Bonchev–Trinajstić information content (AvgIpc) is 3.23. The van der Waals surface area contributed by atoms with Gasteiger partial charge < -0.3 is 16.0 Å². The number of benzene rings is 2. The van der Waals surface area contributed by atoms with Crippen molar-refractivity contribution in [3.05, 3.63) is 70.4 Å². The van der Waals surface area contributed by atoms with Gasteiger partial charge in [-0.05, 0) is 47.8 Å². The predicted molar refractivity (Wildman–Crippen MR) is 126 cm³/mol. The standard InChI is InChI=1S/C21H20N4O5S2/c1-13(26)22-16-8-9-18(25-32(2,29)30)17(12-16)20(27)23-14-5-3-6-15(11-14)24-21(28)19-7-4-10-31-19/h3-12,25H,1-2H3,(H,22,26)(H,23,27)(H,24,28). The molecule has 0 bridgehead atoms. The highest BCUT2D eigenvalue weighted by molar-refractivity contribution is 7.92. The molecule has 1 heterocycles. The second-order valence-corrected chi connectivity index (χ2v) is 9.48. The van der Waals surface area contributed by atoms with Crippen molar-refractivity contribution < 1.29 is 22.8 Å². The highest BCUT2D eigenvalue weighted by Gasteiger charge is 2.16. The molecule has 0 saturated carbocycles. The number of thiophene rings is 1. The van der Waals surface area contributed by atoms with Gasteiger partial charge in [0.05, 0.1) is 22.4 Å². The number of hydrogen-bond donors (Lipinski definition) is 4. The summed E-state index contributed by atoms with van der Waals surface area (Å²) in [5.74, 6) is -1.22. The summed E-state index contributed by atoms with van der Waals surface area (Å²) in [6.45, 7) is 1.32. The number of anilines is 4. The van der Waals surface area contributed by atoms with E-state index in [-0.39, 0.29) is 23.1 Å². The Morgan fingerprint density at radius 3 is 2.06 bits per heavy atom. The van der Waals surface area contributed by atoms with Crippen molar-refractivity contribution in [2.24, 2.45) is 0 Å². The number of carbonyl (C=O) groups excluding carboxylic acids is 3. The molecule has 0 spiro atoms. The smallest absolute Gasteiger partial charge is 0.265 e. The summed E-state index contributed by atoms with van der Waals surface area (Å²) in [6.07, 6.45) is 0.968. The van der Waals surface area contributed by atoms with Crippen LogP contribution in [0.25, 0.3) is 0 Å². The number of sulfonamides is 1. The number of rotatable bonds is 7. The molecule has 11 heteroatoms. The summed E-state index contributed by atoms with van der Waals surface area (Å²) in [6, 6.07) is 14.2. The van der Waals surface area contributed by atoms with Crippen molar-refractivity contribution in [2.45, 2.75) is 6.92 Å². The minimum absolute atomic E-state index is 0.00898. The van der Waals surface area contributed by atoms with Gasteiger partial charge >= 0.3 is 0 Å². The second kappa shape index (κ2) is 9.62. The van der Waals surface area contributed by atoms with Gasteiger partial charge in [0.2, 0.25) is 15.9 Å². The van der Waals surface area contributed by atoms with Crippen molar-refractivity contribution in [3.8, 4) is 0 Å². The fourth-order valence-corrected chi connectivity index (χ4v) is 3.97. The van der Waals surface area contributed by atoms with Crippen LogP contribution in [0.15, 0.2) is 60.0 Å². The van der Waals surface area contributed by atoms with Gasteiger partial charge in [0, 0.05) is 24.0 Å². The first-order chi connectivity index (χ1) is 15.1. The minimum Gasteiger partial charge on any atom is -0.326 e. The molecule has 2 aromatic carbocycles. The van der Waals surface area contributed by atoms with E-state index in [0.717, 1.165) is 6.26 Å². The first-order valence-electron chi connectivity index (χ1n) is 9.26. The van der Waals surface area contributed by atoms with Crippen molar-refractivity contribution in [2.75, 3.05) is 26.9 Å². The monoisotopic (exact) mass is 472 g/mol. The van der Waals surface area contributed by atoms with E-state index in [9.17, 15) is 22.8 Å². The van der Waals surface area contributed by atoms with Crippen LogP contribution >= 0.6 is 11.3 Å². The molecule has 3 rings (SSSR count). The SMILES string of the molecule is CC(=O)Nc1ccc(NS(C)(=O)=O)c(C(=O)Nc2cccc(NC(=O)c3cccs3)c2)c1. The number of amides is 3. The van der Waals surface area contributed by atoms with Crippen LogP contribution < -0.4 is 20.7 Å². The quantitative estimate of drug-likeness (QED) is 0.417. The summed E-state index contributed by atoms with van der Waals surface area (Å²) >= 11 is 1.31. The molecule has 3 aromatic rings. The number of nitrogens with one attached hydrogen (secondary N) is 4. The van der Waals surface area contributed by atoms with E-state index in [1.165, 1.54) is 36.5 Å². The van der Waals surface area contributed by atoms with Crippen LogP contribution in [-0.2, 0) is 14.8 Å². The summed E-state index contributed by atoms with van der Waals surface area (Å²) in [4.78, 5) is 37.1. The fourth-order valence-electron chi connectivity index (χ4n) is 2.78. The highest BCUT2D eigenvalue weighted by Crippen LogP contribution is 2.24. The molecular formula is C21H20N4O5S2. The lowest BCUT2D eigenvalue weighted by Gasteiger charge is -2.14. The van der Waals surface area contributed by atoms with Gasteiger partial charge in [0.1, 0.15) is 0 Å². The molecule has 4 N–H and O–H groups in total. The minimum atomic E-state index is -3.65. The van der Waals surface area contributed by atoms with Gasteiger partial charge in [-0.3, -0.25) is 19.1 Å². The van der Waals surface area contributed by atoms with E-state index in [2.05, 4.69) is 20.7 Å². The van der Waals surface area contributed by atoms with E-state index in [0.29, 0.717) is 21.9 Å². The summed E-state index contributed by atoms with van der Waals surface area (Å²) < 4.78 is 25.7. The zero-order valence-corrected chi connectivity index (χ0v) is 18.8. The number of hydrogen-bond acceptors (Lipinski definition) is 6. The highest BCUT2D eigenvalue weighted by atomic mass is 32.2. The molecular weight excluding hydrogens is 452 g/mol. The van der Waals surface area contributed by atoms with Crippen LogP contribution in [-0.4, -0.2) is 32.4 Å². The molecule has 1 aromatic heterocycles. The lowest BCUT2D eigenvalue weighted by Crippen LogP contribution is -2.18. The Balaban J connectivity index is 1.84. The van der Waals surface area contributed by atoms with E-state index in [1.807, 2.05) is 0 Å². The summed E-state index contributed by atoms with van der Waals surface area (Å²) in [7, 11) is -3.65. The van der Waals surface area contributed by atoms with Crippen molar-refractivity contribution in [1.82, 2.24) is 0 Å². The van der Waals surface area contributed by atoms with Crippen LogP contribution in [0, 0.1) is 0 Å². The van der Waals surface area contributed by atoms with Crippen LogP contribution in [0.1, 0.15) is 27.0 Å². The average molecular weight is 473 g/mol. The van der Waals surface area contributed by atoms with Gasteiger partial charge in [-0.1, -0.05) is 12.1 Å². The topological polar surface area (TPSA) is 133 Å². The Morgan fingerprint density at radius 1 is 0.812 bits per heavy atom. The molecule has 3 amide bonds. The van der Waals surface area contributed by atoms with E-state index >= 15 is 0 Å².